The molecular weight excluding hydrogens is 192 g/mol. The van der Waals surface area contributed by atoms with Gasteiger partial charge in [-0.15, -0.1) is 11.6 Å². The molecule has 1 rings (SSSR count). The molecule has 0 bridgehead atoms. The molecule has 4 heteroatoms. The fraction of sp³-hybridized carbons (Fsp3) is 0.125. The molecular formula is C8H8O2S2. The summed E-state index contributed by atoms with van der Waals surface area (Å²) in [6.07, 6.45) is 0. The summed E-state index contributed by atoms with van der Waals surface area (Å²) in [5, 5.41) is 0. The van der Waals surface area contributed by atoms with Crippen LogP contribution < -0.4 is 0 Å². The highest BCUT2D eigenvalue weighted by Gasteiger charge is 1.99. The number of hydrogen-bond acceptors (Lipinski definition) is 4. The number of thiol groups is 1. The first-order valence-electron chi connectivity index (χ1n) is 3.72. The zero-order valence-electron chi connectivity index (χ0n) is 7.23. The van der Waals surface area contributed by atoms with E-state index in [1.54, 1.807) is 0 Å². The Morgan fingerprint density at radius 1 is 1.67 bits per heavy atom. The normalized spacial score (nSPS) is 10.5. The van der Waals surface area contributed by atoms with Crippen molar-refractivity contribution in [3.05, 3.63) is 29.8 Å². The Morgan fingerprint density at radius 2 is 2.50 bits per heavy atom. The number of carbonyl (C=O) groups excluding carboxylic acids is 1. The lowest BCUT2D eigenvalue weighted by Crippen LogP contribution is -1.91. The molecule has 0 N–H and O–H groups in total. The van der Waals surface area contributed by atoms with Crippen molar-refractivity contribution in [2.24, 2.45) is 0 Å². The van der Waals surface area contributed by atoms with Crippen LogP contribution in [-0.4, -0.2) is 7.60 Å². The average molecular weight is 201 g/mol. The highest BCUT2D eigenvalue weighted by molar-refractivity contribution is 8.68. The summed E-state index contributed by atoms with van der Waals surface area (Å²) in [6, 6.07) is 7.54. The van der Waals surface area contributed by atoms with Gasteiger partial charge in [0.15, 0.2) is 0 Å². The zero-order chi connectivity index (χ0) is 9.52. The largest absolute Gasteiger partial charge is 0.463 e. The Balaban J connectivity index is 2.71. The van der Waals surface area contributed by atoms with Crippen molar-refractivity contribution < 1.29 is 9.53 Å². The molecule has 2 nitrogen and oxygen atoms in total. The summed E-state index contributed by atoms with van der Waals surface area (Å²) in [5.41, 5.74) is 0.930. The lowest BCUT2D eigenvalue weighted by Gasteiger charge is -2.03. The third kappa shape index (κ3) is 2.46. The molecule has 0 radical (unpaired) electrons. The van der Waals surface area contributed by atoms with Gasteiger partial charge in [-0.3, -0.25) is 4.79 Å². The maximum absolute atomic E-state index is 9.98. The van der Waals surface area contributed by atoms with Gasteiger partial charge < -0.3 is 4.74 Å². The van der Waals surface area contributed by atoms with Gasteiger partial charge in [0.25, 0.3) is 6.47 Å². The molecule has 0 aromatic heterocycles. The van der Waals surface area contributed by atoms with E-state index in [1.165, 1.54) is 10.8 Å². The molecule has 0 atom stereocenters. The maximum Gasteiger partial charge on any atom is 0.293 e. The van der Waals surface area contributed by atoms with Crippen molar-refractivity contribution in [1.82, 2.24) is 0 Å². The third-order valence-electron chi connectivity index (χ3n) is 1.37. The van der Waals surface area contributed by atoms with E-state index in [2.05, 4.69) is 4.74 Å². The van der Waals surface area contributed by atoms with E-state index in [9.17, 15) is 4.79 Å². The Morgan fingerprint density at radius 3 is 3.25 bits per heavy atom. The van der Waals surface area contributed by atoms with E-state index < -0.39 is 0 Å². The second-order valence-corrected chi connectivity index (χ2v) is 3.20. The van der Waals surface area contributed by atoms with Crippen molar-refractivity contribution in [2.45, 2.75) is 11.5 Å². The van der Waals surface area contributed by atoms with E-state index in [0.717, 1.165) is 22.0 Å². The van der Waals surface area contributed by atoms with Crippen LogP contribution in [0, 0.1) is 0 Å². The van der Waals surface area contributed by atoms with E-state index in [1.807, 2.05) is 24.3 Å². The van der Waals surface area contributed by atoms with Gasteiger partial charge in [0.1, 0.15) is 7.73 Å². The molecule has 0 saturated carbocycles. The summed E-state index contributed by atoms with van der Waals surface area (Å²) in [5.74, 6) is 0. The fourth-order valence-corrected chi connectivity index (χ4v) is 1.68. The minimum absolute atomic E-state index is 0.271. The molecule has 1 aromatic carbocycles. The van der Waals surface area contributed by atoms with Gasteiger partial charge in [-0.1, -0.05) is 29.0 Å². The second kappa shape index (κ2) is 5.11. The number of hydrogen-bond donors (Lipinski definition) is 1. The standard InChI is InChI=1S/C8H8O2S2/c9-6-10-5-7-3-1-2-4-8(7)12-11/h1-4,6,11H,5H2/i/hD. The van der Waals surface area contributed by atoms with Crippen LogP contribution in [0.1, 0.15) is 5.56 Å². The summed E-state index contributed by atoms with van der Waals surface area (Å²) < 4.78 is 11.6. The lowest BCUT2D eigenvalue weighted by atomic mass is 10.2. The average Bonchev–Trinajstić information content (AvgIpc) is 2.17. The van der Waals surface area contributed by atoms with Gasteiger partial charge in [0, 0.05) is 10.5 Å². The summed E-state index contributed by atoms with van der Waals surface area (Å²) >= 11 is 0.925. The van der Waals surface area contributed by atoms with Crippen LogP contribution in [0.5, 0.6) is 0 Å². The SMILES string of the molecule is [2H]SSc1ccccc1COC=O. The Bertz CT molecular complexity index is 281. The first kappa shape index (κ1) is 8.01. The predicted octanol–water partition coefficient (Wildman–Crippen LogP) is 2.30. The van der Waals surface area contributed by atoms with Crippen molar-refractivity contribution in [2.75, 3.05) is 0 Å². The van der Waals surface area contributed by atoms with E-state index in [4.69, 9.17) is 1.12 Å². The van der Waals surface area contributed by atoms with Crippen LogP contribution in [0.25, 0.3) is 0 Å². The van der Waals surface area contributed by atoms with Crippen LogP contribution in [0.2, 0.25) is 0 Å². The first-order valence-corrected chi connectivity index (χ1v) is 5.05. The molecule has 0 aliphatic heterocycles. The molecule has 1 aromatic rings. The van der Waals surface area contributed by atoms with Crippen LogP contribution in [0.4, 0.5) is 0 Å². The molecule has 0 unspecified atom stereocenters. The van der Waals surface area contributed by atoms with Crippen molar-refractivity contribution in [1.29, 1.82) is 1.12 Å². The molecule has 64 valence electrons. The van der Waals surface area contributed by atoms with Crippen LogP contribution >= 0.6 is 22.4 Å². The zero-order valence-corrected chi connectivity index (χ0v) is 7.86. The molecule has 0 saturated heterocycles. The second-order valence-electron chi connectivity index (χ2n) is 2.10. The van der Waals surface area contributed by atoms with Gasteiger partial charge >= 0.3 is 0 Å². The number of benzene rings is 1. The third-order valence-corrected chi connectivity index (χ3v) is 2.49. The number of ether oxygens (including phenoxy) is 1. The number of carbonyl (C=O) groups is 1. The van der Waals surface area contributed by atoms with E-state index >= 15 is 0 Å². The molecule has 12 heavy (non-hydrogen) atoms. The maximum atomic E-state index is 9.98. The van der Waals surface area contributed by atoms with Gasteiger partial charge in [-0.05, 0) is 6.07 Å². The molecule has 0 spiro atoms. The van der Waals surface area contributed by atoms with Crippen molar-refractivity contribution in [3.8, 4) is 0 Å². The minimum atomic E-state index is 0.271. The fourth-order valence-electron chi connectivity index (χ4n) is 0.828. The molecule has 0 aliphatic carbocycles. The van der Waals surface area contributed by atoms with E-state index in [-0.39, 0.29) is 6.61 Å². The monoisotopic (exact) mass is 201 g/mol. The molecule has 0 amide bonds. The quantitative estimate of drug-likeness (QED) is 0.450. The Kier molecular flexibility index (Phi) is 3.41. The van der Waals surface area contributed by atoms with Crippen molar-refractivity contribution >= 4 is 28.8 Å². The highest BCUT2D eigenvalue weighted by Crippen LogP contribution is 2.25. The summed E-state index contributed by atoms with van der Waals surface area (Å²) in [4.78, 5) is 10.9. The van der Waals surface area contributed by atoms with Gasteiger partial charge in [-0.2, -0.15) is 0 Å². The van der Waals surface area contributed by atoms with Gasteiger partial charge in [0.05, 0.1) is 0 Å². The van der Waals surface area contributed by atoms with Gasteiger partial charge in [0.2, 0.25) is 0 Å². The molecule has 0 fully saturated rings. The Labute approximate surface area is 81.2 Å². The summed E-state index contributed by atoms with van der Waals surface area (Å²) in [7, 11) is 1.34. The topological polar surface area (TPSA) is 26.3 Å². The van der Waals surface area contributed by atoms with Crippen molar-refractivity contribution in [3.63, 3.8) is 0 Å². The lowest BCUT2D eigenvalue weighted by molar-refractivity contribution is -0.129. The number of rotatable bonds is 5. The van der Waals surface area contributed by atoms with Crippen LogP contribution in [0.3, 0.4) is 0 Å². The van der Waals surface area contributed by atoms with Crippen LogP contribution in [-0.2, 0) is 16.1 Å². The first-order chi connectivity index (χ1) is 6.38. The molecule has 0 heterocycles. The minimum Gasteiger partial charge on any atom is -0.463 e. The van der Waals surface area contributed by atoms with Gasteiger partial charge in [-0.25, -0.2) is 0 Å². The summed E-state index contributed by atoms with van der Waals surface area (Å²) in [6.45, 7) is 0.697. The van der Waals surface area contributed by atoms with E-state index in [0.29, 0.717) is 6.47 Å². The highest BCUT2D eigenvalue weighted by atomic mass is 33.1. The molecule has 0 aliphatic rings. The Hall–Kier alpha value is -0.610. The predicted molar refractivity (Wildman–Crippen MR) is 52.1 cm³/mol. The van der Waals surface area contributed by atoms with Crippen LogP contribution in [0.15, 0.2) is 29.2 Å². The smallest absolute Gasteiger partial charge is 0.293 e.